The van der Waals surface area contributed by atoms with Gasteiger partial charge in [-0.05, 0) is 0 Å². The molecule has 0 aliphatic carbocycles. The number of halogens is 1. The van der Waals surface area contributed by atoms with Crippen molar-refractivity contribution in [1.82, 2.24) is 0 Å². The minimum Gasteiger partial charge on any atom is -0.147 e. The Morgan fingerprint density at radius 3 is 2.00 bits per heavy atom. The molecular weight excluding hydrogens is 267 g/mol. The van der Waals surface area contributed by atoms with Gasteiger partial charge in [-0.3, -0.25) is 0 Å². The van der Waals surface area contributed by atoms with E-state index in [0.717, 1.165) is 4.81 Å². The molecule has 0 nitrogen and oxygen atoms in total. The van der Waals surface area contributed by atoms with Crippen LogP contribution >= 0.6 is 12.4 Å². The molecule has 0 heterocycles. The molecule has 0 saturated heterocycles. The van der Waals surface area contributed by atoms with Crippen molar-refractivity contribution in [3.05, 3.63) is 12.7 Å². The molecule has 0 aliphatic rings. The first-order chi connectivity index (χ1) is 1.91. The van der Waals surface area contributed by atoms with E-state index in [1.165, 1.54) is 0 Å². The average molecular weight is 273 g/mol. The molecule has 0 aromatic rings. The van der Waals surface area contributed by atoms with Crippen molar-refractivity contribution >= 4 is 12.4 Å². The number of hydrogen-bond donors (Lipinski definition) is 0. The van der Waals surface area contributed by atoms with E-state index in [4.69, 9.17) is 0 Å². The van der Waals surface area contributed by atoms with Gasteiger partial charge in [0, 0.05) is 0 Å². The molecule has 0 N–H and O–H groups in total. The molecule has 2 heteroatoms. The van der Waals surface area contributed by atoms with Crippen LogP contribution < -0.4 is 0 Å². The molecule has 0 rings (SSSR count). The summed E-state index contributed by atoms with van der Waals surface area (Å²) in [6.07, 6.45) is 1.86. The van der Waals surface area contributed by atoms with Crippen molar-refractivity contribution in [2.24, 2.45) is 0 Å². The van der Waals surface area contributed by atoms with E-state index in [9.17, 15) is 0 Å². The summed E-state index contributed by atoms with van der Waals surface area (Å²) in [4.78, 5) is 1.06. The molecule has 0 radical (unpaired) electrons. The maximum Gasteiger partial charge on any atom is -0.147 e. The second-order valence-electron chi connectivity index (χ2n) is 0.418. The summed E-state index contributed by atoms with van der Waals surface area (Å²) in [5, 5.41) is 0. The van der Waals surface area contributed by atoms with Crippen molar-refractivity contribution in [1.29, 1.82) is 0 Å². The van der Waals surface area contributed by atoms with Crippen molar-refractivity contribution < 1.29 is 19.8 Å². The third-order valence-corrected chi connectivity index (χ3v) is 0.747. The zero-order chi connectivity index (χ0) is 3.41. The molecule has 0 bridgehead atoms. The molecule has 0 unspecified atom stereocenters. The van der Waals surface area contributed by atoms with Gasteiger partial charge in [0.05, 0.1) is 0 Å². The summed E-state index contributed by atoms with van der Waals surface area (Å²) in [5.41, 5.74) is 0. The van der Waals surface area contributed by atoms with Crippen LogP contribution in [0.2, 0.25) is 4.81 Å². The van der Waals surface area contributed by atoms with Crippen molar-refractivity contribution in [3.63, 3.8) is 0 Å². The zero-order valence-electron chi connectivity index (χ0n) is 2.72. The van der Waals surface area contributed by atoms with Gasteiger partial charge in [0.15, 0.2) is 0 Å². The van der Waals surface area contributed by atoms with Gasteiger partial charge < -0.3 is 0 Å². The maximum absolute atomic E-state index is 3.47. The topological polar surface area (TPSA) is 0 Å². The second kappa shape index (κ2) is 8.83. The van der Waals surface area contributed by atoms with Crippen LogP contribution in [0.15, 0.2) is 12.7 Å². The summed E-state index contributed by atoms with van der Waals surface area (Å²) in [5.74, 6) is 0. The molecule has 0 spiro atoms. The van der Waals surface area contributed by atoms with Gasteiger partial charge in [0.2, 0.25) is 0 Å². The van der Waals surface area contributed by atoms with E-state index in [-0.39, 0.29) is 12.4 Å². The summed E-state index contributed by atoms with van der Waals surface area (Å²) in [6.45, 7) is 3.47. The van der Waals surface area contributed by atoms with Gasteiger partial charge in [0.1, 0.15) is 0 Å². The fourth-order valence-corrected chi connectivity index (χ4v) is 0. The molecule has 0 saturated carbocycles. The Kier molecular flexibility index (Phi) is 16.3. The average Bonchev–Trinajstić information content (AvgIpc) is 1.37. The fourth-order valence-electron chi connectivity index (χ4n) is 0. The molecule has 0 amide bonds. The van der Waals surface area contributed by atoms with E-state index < -0.39 is 0 Å². The predicted molar refractivity (Wildman–Crippen MR) is 22.3 cm³/mol. The van der Waals surface area contributed by atoms with Crippen LogP contribution in [-0.2, 0) is 19.8 Å². The van der Waals surface area contributed by atoms with Crippen molar-refractivity contribution in [2.75, 3.05) is 0 Å². The first-order valence-electron chi connectivity index (χ1n) is 1.04. The normalized spacial score (nSPS) is 5.20. The Morgan fingerprint density at radius 1 is 1.80 bits per heavy atom. The Hall–Kier alpha value is 0.718. The summed E-state index contributed by atoms with van der Waals surface area (Å²) < 4.78 is 0. The van der Waals surface area contributed by atoms with Gasteiger partial charge in [-0.2, -0.15) is 0 Å². The number of allylic oxidation sites excluding steroid dienone is 1. The van der Waals surface area contributed by atoms with Crippen LogP contribution in [0.4, 0.5) is 0 Å². The Labute approximate surface area is 50.0 Å². The minimum absolute atomic E-state index is 0. The monoisotopic (exact) mass is 272 g/mol. The molecule has 0 aromatic heterocycles. The van der Waals surface area contributed by atoms with E-state index >= 15 is 0 Å². The molecule has 5 heavy (non-hydrogen) atoms. The van der Waals surface area contributed by atoms with Gasteiger partial charge in [-0.25, -0.2) is 0 Å². The third kappa shape index (κ3) is 11.8. The molecule has 0 aliphatic heterocycles. The molecule has 35 valence electrons. The first kappa shape index (κ1) is 9.21. The molecule has 0 fully saturated rings. The largest absolute Gasteiger partial charge is 0.147 e. The fraction of sp³-hybridized carbons (Fsp3) is 0.333. The maximum atomic E-state index is 3.47. The van der Waals surface area contributed by atoms with Crippen LogP contribution in [-0.4, -0.2) is 0 Å². The molecule has 0 aromatic carbocycles. The van der Waals surface area contributed by atoms with Gasteiger partial charge in [-0.1, -0.05) is 0 Å². The first-order valence-corrected chi connectivity index (χ1v) is 2.65. The smallest absolute Gasteiger partial charge is 0.147 e. The van der Waals surface area contributed by atoms with Crippen molar-refractivity contribution in [2.45, 2.75) is 4.81 Å². The number of rotatable bonds is 1. The molecular formula is C3H6ClPt. The molecule has 0 atom stereocenters. The van der Waals surface area contributed by atoms with Gasteiger partial charge in [-0.15, -0.1) is 12.4 Å². The van der Waals surface area contributed by atoms with E-state index in [2.05, 4.69) is 26.4 Å². The summed E-state index contributed by atoms with van der Waals surface area (Å²) in [6, 6.07) is 0. The Morgan fingerprint density at radius 2 is 2.00 bits per heavy atom. The summed E-state index contributed by atoms with van der Waals surface area (Å²) in [7, 11) is 0. The number of hydrogen-bond acceptors (Lipinski definition) is 0. The standard InChI is InChI=1S/C3H5.ClH.Pt/c1-3-2;;/h3H,1-2H2;1H;. The van der Waals surface area contributed by atoms with Gasteiger partial charge in [0.25, 0.3) is 0 Å². The quantitative estimate of drug-likeness (QED) is 0.636. The Balaban J connectivity index is 0. The predicted octanol–water partition coefficient (Wildman–Crippen LogP) is 1.56. The summed E-state index contributed by atoms with van der Waals surface area (Å²) >= 11 is 2.22. The van der Waals surface area contributed by atoms with Crippen LogP contribution in [0.3, 0.4) is 0 Å². The van der Waals surface area contributed by atoms with Crippen LogP contribution in [0.5, 0.6) is 0 Å². The van der Waals surface area contributed by atoms with Crippen LogP contribution in [0.25, 0.3) is 0 Å². The van der Waals surface area contributed by atoms with E-state index in [0.29, 0.717) is 0 Å². The van der Waals surface area contributed by atoms with Crippen LogP contribution in [0.1, 0.15) is 0 Å². The third-order valence-electron chi connectivity index (χ3n) is 0.0913. The van der Waals surface area contributed by atoms with E-state index in [1.54, 1.807) is 0 Å². The minimum atomic E-state index is 0. The zero-order valence-corrected chi connectivity index (χ0v) is 5.80. The second-order valence-corrected chi connectivity index (χ2v) is 1.35. The van der Waals surface area contributed by atoms with Crippen molar-refractivity contribution in [3.8, 4) is 0 Å². The Bertz CT molecular complexity index is 20.9. The SMILES string of the molecule is C=C[CH2][Pt].Cl. The van der Waals surface area contributed by atoms with Gasteiger partial charge >= 0.3 is 37.3 Å². The van der Waals surface area contributed by atoms with E-state index in [1.807, 2.05) is 6.08 Å². The van der Waals surface area contributed by atoms with Crippen LogP contribution in [0, 0.1) is 0 Å².